The Morgan fingerprint density at radius 1 is 0.620 bits per heavy atom. The van der Waals surface area contributed by atoms with E-state index in [1.807, 2.05) is 10.8 Å². The van der Waals surface area contributed by atoms with Crippen LogP contribution in [-0.2, 0) is 47.5 Å². The van der Waals surface area contributed by atoms with Crippen molar-refractivity contribution in [1.29, 1.82) is 0 Å². The second kappa shape index (κ2) is 40.9. The van der Waals surface area contributed by atoms with Gasteiger partial charge in [0.2, 0.25) is 0 Å². The molecule has 4 aromatic rings. The van der Waals surface area contributed by atoms with E-state index in [-0.39, 0.29) is 51.6 Å². The number of carbonyl (C=O) groups is 6. The van der Waals surface area contributed by atoms with Crippen molar-refractivity contribution in [2.45, 2.75) is 187 Å². The van der Waals surface area contributed by atoms with Crippen LogP contribution in [0, 0.1) is 40.1 Å². The van der Waals surface area contributed by atoms with Gasteiger partial charge in [0.1, 0.15) is 96.7 Å². The lowest BCUT2D eigenvalue weighted by Gasteiger charge is -2.19. The topological polar surface area (TPSA) is 438 Å². The maximum Gasteiger partial charge on any atom is 0.408 e. The monoisotopic (exact) mass is 1410 g/mol. The van der Waals surface area contributed by atoms with Gasteiger partial charge in [0.25, 0.3) is 0 Å². The van der Waals surface area contributed by atoms with Crippen molar-refractivity contribution >= 4 is 92.5 Å². The summed E-state index contributed by atoms with van der Waals surface area (Å²) in [5.74, 6) is 9.75. The first-order valence-corrected chi connectivity index (χ1v) is 30.5. The van der Waals surface area contributed by atoms with Gasteiger partial charge in [0.15, 0.2) is 0 Å². The fourth-order valence-corrected chi connectivity index (χ4v) is 8.62. The van der Waals surface area contributed by atoms with Crippen LogP contribution < -0.4 is 27.4 Å². The molecule has 2 fully saturated rings. The number of alkyl carbamates (subject to hydrolysis) is 3. The summed E-state index contributed by atoms with van der Waals surface area (Å²) in [7, 11) is 0. The number of aliphatic hydroxyl groups is 5. The summed E-state index contributed by atoms with van der Waals surface area (Å²) in [5.41, 5.74) is 12.0. The molecule has 6 rings (SSSR count). The molecule has 2 aliphatic rings. The molecule has 0 unspecified atom stereocenters. The van der Waals surface area contributed by atoms with E-state index in [0.717, 1.165) is 41.1 Å². The van der Waals surface area contributed by atoms with Crippen molar-refractivity contribution < 1.29 is 92.6 Å². The van der Waals surface area contributed by atoms with Crippen LogP contribution >= 0.6 is 22.6 Å². The van der Waals surface area contributed by atoms with E-state index in [1.165, 1.54) is 12.7 Å². The quantitative estimate of drug-likeness (QED) is 0.0176. The third-order valence-electron chi connectivity index (χ3n) is 11.8. The number of aromatic nitrogens is 6. The molecule has 2 aliphatic heterocycles. The number of halogens is 1. The Labute approximate surface area is 549 Å². The minimum absolute atomic E-state index is 0.190. The molecule has 13 N–H and O–H groups in total. The highest BCUT2D eigenvalue weighted by molar-refractivity contribution is 14.1. The fraction of sp³-hybridized carbons (Fsp3) is 0.607. The molecule has 92 heavy (non-hydrogen) atoms. The van der Waals surface area contributed by atoms with Gasteiger partial charge in [-0.15, -0.1) is 24.7 Å². The number of rotatable bonds is 21. The summed E-state index contributed by atoms with van der Waals surface area (Å²) in [6, 6.07) is 0. The highest BCUT2D eigenvalue weighted by atomic mass is 127. The lowest BCUT2D eigenvalue weighted by atomic mass is 10.2. The lowest BCUT2D eigenvalue weighted by Crippen LogP contribution is -2.36. The van der Waals surface area contributed by atoms with Gasteiger partial charge in [-0.2, -0.15) is 0 Å². The Morgan fingerprint density at radius 3 is 1.42 bits per heavy atom. The van der Waals surface area contributed by atoms with E-state index >= 15 is 0 Å². The molecule has 0 radical (unpaired) electrons. The van der Waals surface area contributed by atoms with Crippen molar-refractivity contribution in [3.8, 4) is 36.5 Å². The van der Waals surface area contributed by atoms with Crippen molar-refractivity contribution in [1.82, 2.24) is 45.0 Å². The number of fused-ring (bicyclic) bond motifs is 2. The molecule has 6 atom stereocenters. The van der Waals surface area contributed by atoms with Crippen LogP contribution in [0.4, 0.5) is 26.0 Å². The first-order chi connectivity index (χ1) is 43.3. The van der Waals surface area contributed by atoms with E-state index in [4.69, 9.17) is 72.8 Å². The number of unbranched alkanes of at least 4 members (excludes halogenated alkanes) is 6. The Kier molecular flexibility index (Phi) is 35.7. The largest absolute Gasteiger partial charge is 0.480 e. The van der Waals surface area contributed by atoms with Crippen molar-refractivity contribution in [2.24, 2.45) is 0 Å². The average molecular weight is 1410 g/mol. The summed E-state index contributed by atoms with van der Waals surface area (Å²) in [4.78, 5) is 83.0. The third-order valence-corrected chi connectivity index (χ3v) is 12.7. The number of anilines is 2. The van der Waals surface area contributed by atoms with Gasteiger partial charge in [0, 0.05) is 54.7 Å². The molecule has 0 spiro atoms. The van der Waals surface area contributed by atoms with Crippen LogP contribution in [0.3, 0.4) is 0 Å². The van der Waals surface area contributed by atoms with Gasteiger partial charge in [-0.1, -0.05) is 11.8 Å². The lowest BCUT2D eigenvalue weighted by molar-refractivity contribution is -0.143. The summed E-state index contributed by atoms with van der Waals surface area (Å²) >= 11 is 2.16. The second-order valence-corrected chi connectivity index (χ2v) is 24.3. The zero-order chi connectivity index (χ0) is 69.2. The molecule has 0 aromatic carbocycles. The number of carboxylic acids is 1. The zero-order valence-electron chi connectivity index (χ0n) is 53.6. The maximum absolute atomic E-state index is 11.7. The van der Waals surface area contributed by atoms with Gasteiger partial charge in [0.05, 0.1) is 55.0 Å². The third kappa shape index (κ3) is 31.5. The number of esters is 2. The molecule has 4 aromatic heterocycles. The Balaban J connectivity index is 0.000000435. The van der Waals surface area contributed by atoms with Crippen LogP contribution in [-0.4, -0.2) is 190 Å². The number of ether oxygens (including phenoxy) is 7. The predicted octanol–water partition coefficient (Wildman–Crippen LogP) is 4.74. The number of carboxylic acid groups (broad SMARTS) is 1. The van der Waals surface area contributed by atoms with E-state index in [1.54, 1.807) is 73.1 Å². The van der Waals surface area contributed by atoms with Crippen molar-refractivity contribution in [3.63, 3.8) is 0 Å². The van der Waals surface area contributed by atoms with Crippen LogP contribution in [0.25, 0.3) is 22.1 Å². The summed E-state index contributed by atoms with van der Waals surface area (Å²) in [5, 5.41) is 62.9. The molecule has 510 valence electrons. The SMILES string of the molecule is C#CCCCCO.C#CCCCCOC(=O)CNC(=O)OC(C)(C)C.CC(C)(C)OC(=O)NCC(=O)O.CC(C)(C)OC(=O)NCC(=O)OCCCCC#Cc1cn([C@H]2C[C@@H](O)[C@@H](CO)O2)c2ncnc(N)c12.Nc1ncnc2c1c(I)cn2[C@H]1C[C@@H](O)[C@@H](CO)O1. The average Bonchev–Trinajstić information content (AvgIpc) is 1.67. The molecule has 3 amide bonds. The number of hydrogen-bond donors (Lipinski definition) is 11. The number of nitrogens with two attached hydrogens (primary N) is 2. The van der Waals surface area contributed by atoms with E-state index in [0.29, 0.717) is 73.2 Å². The molecular weight excluding hydrogens is 1320 g/mol. The number of nitrogens with one attached hydrogen (secondary N) is 3. The van der Waals surface area contributed by atoms with E-state index < -0.39 is 90.2 Å². The summed E-state index contributed by atoms with van der Waals surface area (Å²) < 4.78 is 40.7. The zero-order valence-corrected chi connectivity index (χ0v) is 55.7. The van der Waals surface area contributed by atoms with Crippen molar-refractivity contribution in [3.05, 3.63) is 34.2 Å². The minimum Gasteiger partial charge on any atom is -0.480 e. The molecule has 0 saturated carbocycles. The van der Waals surface area contributed by atoms with Gasteiger partial charge < -0.3 is 100 Å². The van der Waals surface area contributed by atoms with Crippen LogP contribution in [0.1, 0.15) is 151 Å². The van der Waals surface area contributed by atoms with E-state index in [9.17, 15) is 44.1 Å². The second-order valence-electron chi connectivity index (χ2n) is 23.2. The highest BCUT2D eigenvalue weighted by Gasteiger charge is 2.37. The summed E-state index contributed by atoms with van der Waals surface area (Å²) in [6.45, 7) is 15.0. The molecule has 0 aliphatic carbocycles. The van der Waals surface area contributed by atoms with Gasteiger partial charge in [-0.25, -0.2) is 34.3 Å². The highest BCUT2D eigenvalue weighted by Crippen LogP contribution is 2.36. The number of nitrogen functional groups attached to an aromatic ring is 2. The van der Waals surface area contributed by atoms with Gasteiger partial charge in [-0.3, -0.25) is 14.4 Å². The van der Waals surface area contributed by atoms with Gasteiger partial charge in [-0.05, 0) is 123 Å². The number of aliphatic carboxylic acids is 1. The fourth-order valence-electron chi connectivity index (χ4n) is 7.80. The smallest absolute Gasteiger partial charge is 0.408 e. The Hall–Kier alpha value is -7.81. The maximum atomic E-state index is 11.7. The first kappa shape index (κ1) is 80.3. The van der Waals surface area contributed by atoms with Crippen LogP contribution in [0.15, 0.2) is 25.0 Å². The summed E-state index contributed by atoms with van der Waals surface area (Å²) in [6.07, 6.45) is 18.2. The minimum atomic E-state index is -1.10. The molecule has 30 nitrogen and oxygen atoms in total. The van der Waals surface area contributed by atoms with Crippen molar-refractivity contribution in [2.75, 3.05) is 64.1 Å². The Bertz CT molecular complexity index is 3130. The van der Waals surface area contributed by atoms with Gasteiger partial charge >= 0.3 is 36.2 Å². The number of aliphatic hydroxyl groups excluding tert-OH is 5. The number of terminal acetylenes is 2. The number of amides is 3. The van der Waals surface area contributed by atoms with Crippen LogP contribution in [0.5, 0.6) is 0 Å². The molecule has 6 heterocycles. The number of nitrogens with zero attached hydrogens (tertiary/aromatic N) is 6. The standard InChI is InChI=1S/C24H33N5O7.C13H21NO4.C11H13IN4O3.C7H13NO4.C6H10O/c1-24(2,3)36-23(33)26-11-19(32)34-9-7-5-4-6-8-15-12-29(18-10-16(31)17(13-30)35-18)22-20(15)21(25)27-14-28-22;1-5-6-7-8-9-17-11(15)10-14-12(16)18-13(2,3)4;12-5-2-16(8-1-6(18)7(3-17)19-8)11-9(5)10(13)14-4-15-11;1-7(2,3)12-6(11)8-4-5(9)10;1-2-3-4-5-6-7/h12,14,16-18,30-31H,4-5,7,9-11,13H2,1-3H3,(H,26,33)(H2,25,27,28);1H,6-10H2,2-4H3,(H,14,16);2,4,6-8,17-18H,1,3H2,(H2,13,14,15);4H2,1-3H3,(H,8,11)(H,9,10);1,7H,3-6H2/t16-,17-,18-;;6-,7-,8-;;/m1.1../s1. The molecule has 0 bridgehead atoms. The number of hydrogen-bond acceptors (Lipinski definition) is 24. The molecule has 2 saturated heterocycles. The Morgan fingerprint density at radius 2 is 1.02 bits per heavy atom. The van der Waals surface area contributed by atoms with E-state index in [2.05, 4.69) is 82.2 Å². The van der Waals surface area contributed by atoms with Crippen LogP contribution in [0.2, 0.25) is 0 Å². The predicted molar refractivity (Wildman–Crippen MR) is 345 cm³/mol. The normalized spacial score (nSPS) is 17.3. The molecule has 31 heteroatoms. The first-order valence-electron chi connectivity index (χ1n) is 29.4. The number of carbonyl (C=O) groups excluding carboxylic acids is 5. The molecular formula is C61H90IN11O19.